The lowest BCUT2D eigenvalue weighted by Crippen LogP contribution is -2.35. The van der Waals surface area contributed by atoms with Crippen LogP contribution < -0.4 is 10.6 Å². The summed E-state index contributed by atoms with van der Waals surface area (Å²) in [6.07, 6.45) is 0. The number of urea groups is 1. The number of rotatable bonds is 4. The first-order valence-electron chi connectivity index (χ1n) is 8.02. The summed E-state index contributed by atoms with van der Waals surface area (Å²) in [7, 11) is 0. The van der Waals surface area contributed by atoms with Crippen LogP contribution in [0.3, 0.4) is 0 Å². The largest absolute Gasteiger partial charge is 0.325 e. The highest BCUT2D eigenvalue weighted by molar-refractivity contribution is 7.99. The van der Waals surface area contributed by atoms with E-state index in [1.165, 1.54) is 17.8 Å². The average Bonchev–Trinajstić information content (AvgIpc) is 2.66. The highest BCUT2D eigenvalue weighted by Gasteiger charge is 2.12. The van der Waals surface area contributed by atoms with Crippen molar-refractivity contribution in [1.29, 1.82) is 5.26 Å². The third-order valence-corrected chi connectivity index (χ3v) is 4.61. The molecule has 27 heavy (non-hydrogen) atoms. The number of carbonyl (C=O) groups excluding carboxylic acids is 2. The highest BCUT2D eigenvalue weighted by Crippen LogP contribution is 2.21. The van der Waals surface area contributed by atoms with Crippen molar-refractivity contribution in [3.05, 3.63) is 59.8 Å². The number of para-hydroxylation sites is 2. The Morgan fingerprint density at radius 2 is 1.85 bits per heavy atom. The summed E-state index contributed by atoms with van der Waals surface area (Å²) in [6.45, 7) is 1.83. The Labute approximate surface area is 159 Å². The molecule has 0 aliphatic rings. The number of anilines is 1. The van der Waals surface area contributed by atoms with Crippen molar-refractivity contribution in [3.63, 3.8) is 0 Å². The topological polar surface area (TPSA) is 108 Å². The maximum atomic E-state index is 12.0. The first-order chi connectivity index (χ1) is 13.0. The lowest BCUT2D eigenvalue weighted by molar-refractivity contribution is -0.117. The summed E-state index contributed by atoms with van der Waals surface area (Å²) in [5.41, 5.74) is 3.12. The van der Waals surface area contributed by atoms with Crippen LogP contribution in [0.2, 0.25) is 0 Å². The van der Waals surface area contributed by atoms with E-state index in [-0.39, 0.29) is 5.75 Å². The molecule has 0 radical (unpaired) electrons. The number of hydrogen-bond donors (Lipinski definition) is 2. The van der Waals surface area contributed by atoms with Crippen LogP contribution >= 0.6 is 11.8 Å². The summed E-state index contributed by atoms with van der Waals surface area (Å²) in [4.78, 5) is 32.9. The van der Waals surface area contributed by atoms with E-state index >= 15 is 0 Å². The summed E-state index contributed by atoms with van der Waals surface area (Å²) in [6, 6.07) is 15.2. The van der Waals surface area contributed by atoms with Crippen LogP contribution in [0.1, 0.15) is 11.3 Å². The van der Waals surface area contributed by atoms with Gasteiger partial charge in [0, 0.05) is 5.69 Å². The standard InChI is InChI=1S/C19H15N5O2S/c1-12-18(23-16-8-3-2-7-15(16)21-12)27-11-17(25)24-19(26)22-14-6-4-5-13(9-14)10-20/h2-9H,11H2,1H3,(H2,22,24,25,26). The molecule has 0 fully saturated rings. The van der Waals surface area contributed by atoms with Crippen molar-refractivity contribution in [1.82, 2.24) is 15.3 Å². The van der Waals surface area contributed by atoms with Crippen LogP contribution in [0.4, 0.5) is 10.5 Å². The van der Waals surface area contributed by atoms with Gasteiger partial charge in [0.05, 0.1) is 34.1 Å². The average molecular weight is 377 g/mol. The maximum Gasteiger partial charge on any atom is 0.325 e. The molecule has 0 aliphatic carbocycles. The van der Waals surface area contributed by atoms with Gasteiger partial charge in [0.15, 0.2) is 0 Å². The number of imide groups is 1. The molecule has 1 heterocycles. The molecule has 0 aliphatic heterocycles. The van der Waals surface area contributed by atoms with Gasteiger partial charge in [-0.25, -0.2) is 14.8 Å². The number of carbonyl (C=O) groups is 2. The predicted molar refractivity (Wildman–Crippen MR) is 103 cm³/mol. The minimum Gasteiger partial charge on any atom is -0.308 e. The highest BCUT2D eigenvalue weighted by atomic mass is 32.2. The van der Waals surface area contributed by atoms with Gasteiger partial charge in [-0.2, -0.15) is 5.26 Å². The Morgan fingerprint density at radius 3 is 2.59 bits per heavy atom. The normalized spacial score (nSPS) is 10.2. The van der Waals surface area contributed by atoms with Crippen molar-refractivity contribution < 1.29 is 9.59 Å². The van der Waals surface area contributed by atoms with Gasteiger partial charge in [0.1, 0.15) is 5.03 Å². The lowest BCUT2D eigenvalue weighted by Gasteiger charge is -2.08. The molecular weight excluding hydrogens is 362 g/mol. The van der Waals surface area contributed by atoms with E-state index in [0.29, 0.717) is 16.3 Å². The number of benzene rings is 2. The monoisotopic (exact) mass is 377 g/mol. The molecule has 7 nitrogen and oxygen atoms in total. The molecule has 1 aromatic heterocycles. The fourth-order valence-electron chi connectivity index (χ4n) is 2.33. The van der Waals surface area contributed by atoms with Crippen LogP contribution in [0.5, 0.6) is 0 Å². The summed E-state index contributed by atoms with van der Waals surface area (Å²) >= 11 is 1.22. The number of nitriles is 1. The van der Waals surface area contributed by atoms with Crippen LogP contribution in [0, 0.1) is 18.3 Å². The van der Waals surface area contributed by atoms with E-state index in [4.69, 9.17) is 5.26 Å². The Hall–Kier alpha value is -3.44. The molecule has 0 bridgehead atoms. The number of aromatic nitrogens is 2. The number of thioether (sulfide) groups is 1. The Bertz CT molecular complexity index is 1060. The van der Waals surface area contributed by atoms with Crippen molar-refractivity contribution in [3.8, 4) is 6.07 Å². The second kappa shape index (κ2) is 8.29. The first kappa shape index (κ1) is 18.4. The molecule has 134 valence electrons. The molecule has 0 saturated carbocycles. The SMILES string of the molecule is Cc1nc2ccccc2nc1SCC(=O)NC(=O)Nc1cccc(C#N)c1. The van der Waals surface area contributed by atoms with Gasteiger partial charge in [-0.3, -0.25) is 10.1 Å². The zero-order chi connectivity index (χ0) is 19.2. The van der Waals surface area contributed by atoms with Gasteiger partial charge in [-0.05, 0) is 37.3 Å². The molecule has 2 aromatic carbocycles. The molecule has 0 unspecified atom stereocenters. The maximum absolute atomic E-state index is 12.0. The van der Waals surface area contributed by atoms with Crippen LogP contribution in [-0.2, 0) is 4.79 Å². The Kier molecular flexibility index (Phi) is 5.64. The molecule has 3 rings (SSSR count). The van der Waals surface area contributed by atoms with Gasteiger partial charge < -0.3 is 5.32 Å². The number of aryl methyl sites for hydroxylation is 1. The van der Waals surface area contributed by atoms with Crippen LogP contribution in [0.25, 0.3) is 11.0 Å². The minimum atomic E-state index is -0.656. The van der Waals surface area contributed by atoms with Gasteiger partial charge in [0.25, 0.3) is 0 Å². The van der Waals surface area contributed by atoms with Gasteiger partial charge >= 0.3 is 6.03 Å². The van der Waals surface area contributed by atoms with E-state index in [0.717, 1.165) is 16.7 Å². The van der Waals surface area contributed by atoms with Gasteiger partial charge in [-0.15, -0.1) is 0 Å². The van der Waals surface area contributed by atoms with E-state index in [1.807, 2.05) is 37.3 Å². The Morgan fingerprint density at radius 1 is 1.11 bits per heavy atom. The minimum absolute atomic E-state index is 0.0273. The quantitative estimate of drug-likeness (QED) is 0.676. The second-order valence-electron chi connectivity index (χ2n) is 5.59. The van der Waals surface area contributed by atoms with E-state index in [1.54, 1.807) is 18.2 Å². The Balaban J connectivity index is 1.57. The number of nitrogens with one attached hydrogen (secondary N) is 2. The summed E-state index contributed by atoms with van der Waals surface area (Å²) in [5.74, 6) is -0.428. The third kappa shape index (κ3) is 4.80. The lowest BCUT2D eigenvalue weighted by atomic mass is 10.2. The molecule has 0 saturated heterocycles. The van der Waals surface area contributed by atoms with E-state index < -0.39 is 11.9 Å². The molecule has 0 atom stereocenters. The predicted octanol–water partition coefficient (Wildman–Crippen LogP) is 3.25. The molecular formula is C19H15N5O2S. The van der Waals surface area contributed by atoms with Crippen molar-refractivity contribution in [2.45, 2.75) is 11.9 Å². The van der Waals surface area contributed by atoms with Gasteiger partial charge in [-0.1, -0.05) is 30.0 Å². The summed E-state index contributed by atoms with van der Waals surface area (Å²) in [5, 5.41) is 14.3. The zero-order valence-corrected chi connectivity index (χ0v) is 15.2. The number of hydrogen-bond acceptors (Lipinski definition) is 6. The van der Waals surface area contributed by atoms with Gasteiger partial charge in [0.2, 0.25) is 5.91 Å². The number of fused-ring (bicyclic) bond motifs is 1. The molecule has 0 spiro atoms. The van der Waals surface area contributed by atoms with E-state index in [2.05, 4.69) is 20.6 Å². The molecule has 3 amide bonds. The fourth-order valence-corrected chi connectivity index (χ4v) is 3.09. The smallest absolute Gasteiger partial charge is 0.308 e. The van der Waals surface area contributed by atoms with Crippen molar-refractivity contribution in [2.75, 3.05) is 11.1 Å². The first-order valence-corrected chi connectivity index (χ1v) is 9.01. The zero-order valence-electron chi connectivity index (χ0n) is 14.4. The van der Waals surface area contributed by atoms with Crippen LogP contribution in [0.15, 0.2) is 53.6 Å². The van der Waals surface area contributed by atoms with Crippen molar-refractivity contribution >= 4 is 40.4 Å². The molecule has 2 N–H and O–H groups in total. The molecule has 3 aromatic rings. The summed E-state index contributed by atoms with van der Waals surface area (Å²) < 4.78 is 0. The van der Waals surface area contributed by atoms with Crippen molar-refractivity contribution in [2.24, 2.45) is 0 Å². The number of nitrogens with zero attached hydrogens (tertiary/aromatic N) is 3. The third-order valence-electron chi connectivity index (χ3n) is 3.54. The van der Waals surface area contributed by atoms with Crippen LogP contribution in [-0.4, -0.2) is 27.7 Å². The second-order valence-corrected chi connectivity index (χ2v) is 6.55. The van der Waals surface area contributed by atoms with E-state index in [9.17, 15) is 9.59 Å². The fraction of sp³-hybridized carbons (Fsp3) is 0.105. The molecule has 8 heteroatoms. The number of amides is 3.